The molecule has 1 atom stereocenters. The minimum atomic E-state index is -0.958. The molecule has 0 spiro atoms. The summed E-state index contributed by atoms with van der Waals surface area (Å²) in [4.78, 5) is 24.3. The number of nitrogens with zero attached hydrogens (tertiary/aromatic N) is 2. The second kappa shape index (κ2) is 3.96. The van der Waals surface area contributed by atoms with Crippen molar-refractivity contribution >= 4 is 11.9 Å². The average Bonchev–Trinajstić information content (AvgIpc) is 2.84. The summed E-state index contributed by atoms with van der Waals surface area (Å²) in [5.74, 6) is -1.27. The summed E-state index contributed by atoms with van der Waals surface area (Å²) in [6.07, 6.45) is 2.48. The van der Waals surface area contributed by atoms with Gasteiger partial charge in [0.25, 0.3) is 5.91 Å². The third-order valence-corrected chi connectivity index (χ3v) is 2.78. The van der Waals surface area contributed by atoms with Crippen LogP contribution >= 0.6 is 0 Å². The zero-order valence-corrected chi connectivity index (χ0v) is 8.84. The Kier molecular flexibility index (Phi) is 2.64. The van der Waals surface area contributed by atoms with Crippen LogP contribution in [0.1, 0.15) is 28.9 Å². The molecule has 1 aliphatic heterocycles. The van der Waals surface area contributed by atoms with Crippen LogP contribution in [0.5, 0.6) is 0 Å². The Bertz CT molecular complexity index is 426. The van der Waals surface area contributed by atoms with E-state index in [9.17, 15) is 9.59 Å². The molecular formula is C10H12N2O4. The Morgan fingerprint density at radius 1 is 1.62 bits per heavy atom. The van der Waals surface area contributed by atoms with Crippen molar-refractivity contribution in [2.75, 3.05) is 6.54 Å². The second-order valence-electron chi connectivity index (χ2n) is 3.81. The second-order valence-corrected chi connectivity index (χ2v) is 3.81. The third-order valence-electron chi connectivity index (χ3n) is 2.78. The number of aromatic nitrogens is 1. The SMILES string of the molecule is Cc1nocc1C(=O)N1CCC[C@H]1C(=O)O. The van der Waals surface area contributed by atoms with E-state index >= 15 is 0 Å². The van der Waals surface area contributed by atoms with Crippen molar-refractivity contribution in [3.63, 3.8) is 0 Å². The molecule has 2 heterocycles. The molecule has 2 rings (SSSR count). The molecule has 6 heteroatoms. The van der Waals surface area contributed by atoms with Crippen LogP contribution in [0.25, 0.3) is 0 Å². The lowest BCUT2D eigenvalue weighted by atomic mass is 10.2. The highest BCUT2D eigenvalue weighted by Gasteiger charge is 2.35. The van der Waals surface area contributed by atoms with E-state index in [0.29, 0.717) is 30.6 Å². The van der Waals surface area contributed by atoms with Crippen molar-refractivity contribution in [1.82, 2.24) is 10.1 Å². The summed E-state index contributed by atoms with van der Waals surface area (Å²) in [7, 11) is 0. The summed E-state index contributed by atoms with van der Waals surface area (Å²) >= 11 is 0. The first kappa shape index (κ1) is 10.7. The van der Waals surface area contributed by atoms with Gasteiger partial charge in [0.05, 0.1) is 5.69 Å². The van der Waals surface area contributed by atoms with Crippen LogP contribution in [0.3, 0.4) is 0 Å². The number of hydrogen-bond acceptors (Lipinski definition) is 4. The summed E-state index contributed by atoms with van der Waals surface area (Å²) in [6, 6.07) is -0.721. The fraction of sp³-hybridized carbons (Fsp3) is 0.500. The third kappa shape index (κ3) is 1.66. The lowest BCUT2D eigenvalue weighted by Gasteiger charge is -2.20. The minimum Gasteiger partial charge on any atom is -0.480 e. The Balaban J connectivity index is 2.22. The van der Waals surface area contributed by atoms with Gasteiger partial charge in [-0.25, -0.2) is 4.79 Å². The van der Waals surface area contributed by atoms with Gasteiger partial charge in [0.1, 0.15) is 17.9 Å². The molecule has 1 aromatic heterocycles. The van der Waals surface area contributed by atoms with Crippen molar-refractivity contribution < 1.29 is 19.2 Å². The van der Waals surface area contributed by atoms with E-state index in [1.165, 1.54) is 11.2 Å². The molecule has 1 fully saturated rings. The number of aliphatic carboxylic acids is 1. The summed E-state index contributed by atoms with van der Waals surface area (Å²) in [6.45, 7) is 2.13. The van der Waals surface area contributed by atoms with E-state index < -0.39 is 12.0 Å². The zero-order valence-electron chi connectivity index (χ0n) is 8.84. The average molecular weight is 224 g/mol. The fourth-order valence-electron chi connectivity index (χ4n) is 1.92. The number of aryl methyl sites for hydroxylation is 1. The number of carboxylic acids is 1. The number of hydrogen-bond donors (Lipinski definition) is 1. The predicted molar refractivity (Wildman–Crippen MR) is 52.9 cm³/mol. The highest BCUT2D eigenvalue weighted by molar-refractivity contribution is 5.97. The van der Waals surface area contributed by atoms with E-state index in [4.69, 9.17) is 5.11 Å². The first-order valence-electron chi connectivity index (χ1n) is 5.06. The Morgan fingerprint density at radius 2 is 2.38 bits per heavy atom. The molecule has 1 saturated heterocycles. The molecule has 1 N–H and O–H groups in total. The number of rotatable bonds is 2. The molecule has 16 heavy (non-hydrogen) atoms. The first-order valence-corrected chi connectivity index (χ1v) is 5.06. The molecular weight excluding hydrogens is 212 g/mol. The summed E-state index contributed by atoms with van der Waals surface area (Å²) in [5.41, 5.74) is 0.828. The van der Waals surface area contributed by atoms with Crippen molar-refractivity contribution in [3.8, 4) is 0 Å². The van der Waals surface area contributed by atoms with Crippen LogP contribution in [0.15, 0.2) is 10.8 Å². The quantitative estimate of drug-likeness (QED) is 0.798. The number of amides is 1. The molecule has 0 saturated carbocycles. The van der Waals surface area contributed by atoms with Crippen LogP contribution in [-0.2, 0) is 4.79 Å². The van der Waals surface area contributed by atoms with Gasteiger partial charge in [-0.1, -0.05) is 5.16 Å². The van der Waals surface area contributed by atoms with Crippen molar-refractivity contribution in [2.45, 2.75) is 25.8 Å². The van der Waals surface area contributed by atoms with E-state index in [2.05, 4.69) is 9.68 Å². The molecule has 0 bridgehead atoms. The number of likely N-dealkylation sites (tertiary alicyclic amines) is 1. The maximum absolute atomic E-state index is 12.0. The Hall–Kier alpha value is -1.85. The van der Waals surface area contributed by atoms with Crippen LogP contribution in [0.2, 0.25) is 0 Å². The minimum absolute atomic E-state index is 0.316. The van der Waals surface area contributed by atoms with Crippen molar-refractivity contribution in [1.29, 1.82) is 0 Å². The van der Waals surface area contributed by atoms with Gasteiger partial charge >= 0.3 is 5.97 Å². The van der Waals surface area contributed by atoms with Crippen LogP contribution in [-0.4, -0.2) is 39.6 Å². The monoisotopic (exact) mass is 224 g/mol. The smallest absolute Gasteiger partial charge is 0.326 e. The Morgan fingerprint density at radius 3 is 2.94 bits per heavy atom. The van der Waals surface area contributed by atoms with Gasteiger partial charge in [0.15, 0.2) is 0 Å². The van der Waals surface area contributed by atoms with Gasteiger partial charge < -0.3 is 14.5 Å². The molecule has 1 amide bonds. The highest BCUT2D eigenvalue weighted by atomic mass is 16.5. The van der Waals surface area contributed by atoms with E-state index in [1.807, 2.05) is 0 Å². The molecule has 0 aliphatic carbocycles. The molecule has 0 aromatic carbocycles. The molecule has 0 radical (unpaired) electrons. The van der Waals surface area contributed by atoms with Crippen LogP contribution < -0.4 is 0 Å². The lowest BCUT2D eigenvalue weighted by Crippen LogP contribution is -2.40. The predicted octanol–water partition coefficient (Wildman–Crippen LogP) is 0.672. The molecule has 1 aromatic rings. The summed E-state index contributed by atoms with van der Waals surface area (Å²) < 4.78 is 4.68. The van der Waals surface area contributed by atoms with Crippen LogP contribution in [0, 0.1) is 6.92 Å². The maximum Gasteiger partial charge on any atom is 0.326 e. The van der Waals surface area contributed by atoms with Gasteiger partial charge in [-0.3, -0.25) is 4.79 Å². The van der Waals surface area contributed by atoms with Gasteiger partial charge in [-0.2, -0.15) is 0 Å². The molecule has 86 valence electrons. The van der Waals surface area contributed by atoms with E-state index in [1.54, 1.807) is 6.92 Å². The van der Waals surface area contributed by atoms with E-state index in [0.717, 1.165) is 0 Å². The molecule has 6 nitrogen and oxygen atoms in total. The maximum atomic E-state index is 12.0. The van der Waals surface area contributed by atoms with Crippen LogP contribution in [0.4, 0.5) is 0 Å². The van der Waals surface area contributed by atoms with Crippen molar-refractivity contribution in [3.05, 3.63) is 17.5 Å². The number of carboxylic acid groups (broad SMARTS) is 1. The Labute approximate surface area is 91.8 Å². The lowest BCUT2D eigenvalue weighted by molar-refractivity contribution is -0.141. The number of carbonyl (C=O) groups is 2. The van der Waals surface area contributed by atoms with Gasteiger partial charge in [0.2, 0.25) is 0 Å². The van der Waals surface area contributed by atoms with Crippen molar-refractivity contribution in [2.24, 2.45) is 0 Å². The number of carbonyl (C=O) groups excluding carboxylic acids is 1. The topological polar surface area (TPSA) is 83.6 Å². The van der Waals surface area contributed by atoms with E-state index in [-0.39, 0.29) is 5.91 Å². The zero-order chi connectivity index (χ0) is 11.7. The fourth-order valence-corrected chi connectivity index (χ4v) is 1.92. The van der Waals surface area contributed by atoms with Gasteiger partial charge in [-0.05, 0) is 19.8 Å². The normalized spacial score (nSPS) is 20.1. The standard InChI is InChI=1S/C10H12N2O4/c1-6-7(5-16-11-6)9(13)12-4-2-3-8(12)10(14)15/h5,8H,2-4H2,1H3,(H,14,15)/t8-/m0/s1. The summed E-state index contributed by atoms with van der Waals surface area (Å²) in [5, 5.41) is 12.6. The van der Waals surface area contributed by atoms with Gasteiger partial charge in [-0.15, -0.1) is 0 Å². The molecule has 1 aliphatic rings. The first-order chi connectivity index (χ1) is 7.61. The molecule has 0 unspecified atom stereocenters. The van der Waals surface area contributed by atoms with Gasteiger partial charge in [0, 0.05) is 6.54 Å². The largest absolute Gasteiger partial charge is 0.480 e. The highest BCUT2D eigenvalue weighted by Crippen LogP contribution is 2.21.